The molecule has 0 aliphatic heterocycles. The van der Waals surface area contributed by atoms with Gasteiger partial charge in [0.25, 0.3) is 0 Å². The van der Waals surface area contributed by atoms with Gasteiger partial charge in [-0.2, -0.15) is 0 Å². The van der Waals surface area contributed by atoms with Crippen molar-refractivity contribution in [2.75, 3.05) is 0 Å². The zero-order valence-corrected chi connectivity index (χ0v) is 11.8. The highest BCUT2D eigenvalue weighted by Crippen LogP contribution is 2.20. The van der Waals surface area contributed by atoms with Gasteiger partial charge in [0.2, 0.25) is 0 Å². The first-order chi connectivity index (χ1) is 9.83. The average molecular weight is 261 g/mol. The fourth-order valence-electron chi connectivity index (χ4n) is 2.73. The lowest BCUT2D eigenvalue weighted by molar-refractivity contribution is 0.823. The third-order valence-corrected chi connectivity index (χ3v) is 3.68. The molecule has 0 atom stereocenters. The van der Waals surface area contributed by atoms with Gasteiger partial charge in [-0.05, 0) is 49.4 Å². The minimum absolute atomic E-state index is 1.11. The smallest absolute Gasteiger partial charge is 0.0707 e. The quantitative estimate of drug-likeness (QED) is 0.662. The van der Waals surface area contributed by atoms with E-state index in [1.165, 1.54) is 22.9 Å². The summed E-state index contributed by atoms with van der Waals surface area (Å²) in [7, 11) is 0. The number of aryl methyl sites for hydroxylation is 3. The Bertz CT molecular complexity index is 701. The molecule has 0 aliphatic rings. The second-order valence-electron chi connectivity index (χ2n) is 5.28. The normalized spacial score (nSPS) is 10.8. The van der Waals surface area contributed by atoms with Crippen molar-refractivity contribution < 1.29 is 0 Å². The number of nitrogens with zero attached hydrogens (tertiary/aromatic N) is 1. The molecule has 0 saturated heterocycles. The van der Waals surface area contributed by atoms with E-state index in [-0.39, 0.29) is 0 Å². The van der Waals surface area contributed by atoms with Crippen LogP contribution < -0.4 is 0 Å². The van der Waals surface area contributed by atoms with Crippen LogP contribution in [0.3, 0.4) is 0 Å². The van der Waals surface area contributed by atoms with Crippen LogP contribution in [0.15, 0.2) is 60.7 Å². The van der Waals surface area contributed by atoms with Crippen LogP contribution in [0.4, 0.5) is 0 Å². The summed E-state index contributed by atoms with van der Waals surface area (Å²) in [4.78, 5) is 4.60. The molecule has 0 aliphatic carbocycles. The van der Waals surface area contributed by atoms with Gasteiger partial charge in [-0.3, -0.25) is 4.98 Å². The van der Waals surface area contributed by atoms with Crippen LogP contribution in [0.25, 0.3) is 10.9 Å². The van der Waals surface area contributed by atoms with E-state index < -0.39 is 0 Å². The number of rotatable bonds is 4. The highest BCUT2D eigenvalue weighted by atomic mass is 14.7. The van der Waals surface area contributed by atoms with E-state index >= 15 is 0 Å². The van der Waals surface area contributed by atoms with Gasteiger partial charge in [-0.25, -0.2) is 0 Å². The summed E-state index contributed by atoms with van der Waals surface area (Å²) in [5.41, 5.74) is 5.06. The summed E-state index contributed by atoms with van der Waals surface area (Å²) in [6, 6.07) is 21.4. The van der Waals surface area contributed by atoms with Crippen molar-refractivity contribution >= 4 is 10.9 Å². The van der Waals surface area contributed by atoms with Crippen LogP contribution in [0.2, 0.25) is 0 Å². The van der Waals surface area contributed by atoms with Gasteiger partial charge < -0.3 is 0 Å². The molecule has 100 valence electrons. The van der Waals surface area contributed by atoms with Crippen LogP contribution in [-0.2, 0) is 12.8 Å². The molecule has 1 heterocycles. The zero-order chi connectivity index (χ0) is 13.8. The molecule has 0 amide bonds. The zero-order valence-electron chi connectivity index (χ0n) is 11.8. The molecule has 0 bridgehead atoms. The maximum atomic E-state index is 4.60. The van der Waals surface area contributed by atoms with Gasteiger partial charge in [0.1, 0.15) is 0 Å². The topological polar surface area (TPSA) is 12.9 Å². The molecule has 20 heavy (non-hydrogen) atoms. The molecule has 0 radical (unpaired) electrons. The second kappa shape index (κ2) is 5.87. The van der Waals surface area contributed by atoms with Gasteiger partial charge in [0.15, 0.2) is 0 Å². The van der Waals surface area contributed by atoms with Crippen molar-refractivity contribution in [3.63, 3.8) is 0 Å². The number of hydrogen-bond donors (Lipinski definition) is 0. The number of pyridine rings is 1. The number of fused-ring (bicyclic) bond motifs is 1. The van der Waals surface area contributed by atoms with E-state index in [4.69, 9.17) is 0 Å². The molecule has 0 fully saturated rings. The number of benzene rings is 2. The molecule has 2 aromatic carbocycles. The van der Waals surface area contributed by atoms with Gasteiger partial charge in [-0.1, -0.05) is 48.5 Å². The van der Waals surface area contributed by atoms with Crippen molar-refractivity contribution in [1.82, 2.24) is 4.98 Å². The summed E-state index contributed by atoms with van der Waals surface area (Å²) in [5, 5.41) is 1.30. The molecule has 3 rings (SSSR count). The Morgan fingerprint density at radius 2 is 1.60 bits per heavy atom. The van der Waals surface area contributed by atoms with Crippen LogP contribution >= 0.6 is 0 Å². The molecule has 0 saturated carbocycles. The average Bonchev–Trinajstić information content (AvgIpc) is 2.48. The lowest BCUT2D eigenvalue weighted by atomic mass is 10.0. The standard InChI is InChI=1S/C19H19N/c1-15-14-17(18-12-5-6-13-19(18)20-15)11-7-10-16-8-3-2-4-9-16/h2-6,8-9,12-14H,7,10-11H2,1H3. The fourth-order valence-corrected chi connectivity index (χ4v) is 2.73. The van der Waals surface area contributed by atoms with E-state index in [0.717, 1.165) is 24.1 Å². The van der Waals surface area contributed by atoms with Crippen molar-refractivity contribution in [2.45, 2.75) is 26.2 Å². The van der Waals surface area contributed by atoms with Crippen molar-refractivity contribution in [3.8, 4) is 0 Å². The molecular weight excluding hydrogens is 242 g/mol. The number of para-hydroxylation sites is 1. The summed E-state index contributed by atoms with van der Waals surface area (Å²) >= 11 is 0. The van der Waals surface area contributed by atoms with Crippen LogP contribution in [0.5, 0.6) is 0 Å². The summed E-state index contributed by atoms with van der Waals surface area (Å²) < 4.78 is 0. The van der Waals surface area contributed by atoms with Crippen LogP contribution in [0, 0.1) is 6.92 Å². The van der Waals surface area contributed by atoms with Crippen LogP contribution in [0.1, 0.15) is 23.2 Å². The van der Waals surface area contributed by atoms with E-state index in [9.17, 15) is 0 Å². The molecular formula is C19H19N. The van der Waals surface area contributed by atoms with Crippen molar-refractivity contribution in [3.05, 3.63) is 77.5 Å². The van der Waals surface area contributed by atoms with Crippen LogP contribution in [-0.4, -0.2) is 4.98 Å². The SMILES string of the molecule is Cc1cc(CCCc2ccccc2)c2ccccc2n1. The van der Waals surface area contributed by atoms with E-state index in [1.807, 2.05) is 0 Å². The maximum absolute atomic E-state index is 4.60. The highest BCUT2D eigenvalue weighted by molar-refractivity contribution is 5.82. The maximum Gasteiger partial charge on any atom is 0.0707 e. The second-order valence-corrected chi connectivity index (χ2v) is 5.28. The van der Waals surface area contributed by atoms with E-state index in [2.05, 4.69) is 72.6 Å². The highest BCUT2D eigenvalue weighted by Gasteiger charge is 2.03. The minimum Gasteiger partial charge on any atom is -0.253 e. The Hall–Kier alpha value is -2.15. The van der Waals surface area contributed by atoms with Gasteiger partial charge in [0, 0.05) is 11.1 Å². The molecule has 1 heteroatoms. The van der Waals surface area contributed by atoms with Crippen molar-refractivity contribution in [1.29, 1.82) is 0 Å². The largest absolute Gasteiger partial charge is 0.253 e. The first-order valence-electron chi connectivity index (χ1n) is 7.22. The summed E-state index contributed by atoms with van der Waals surface area (Å²) in [6.45, 7) is 2.08. The first kappa shape index (κ1) is 12.9. The van der Waals surface area contributed by atoms with E-state index in [0.29, 0.717) is 0 Å². The Morgan fingerprint density at radius 3 is 2.45 bits per heavy atom. The minimum atomic E-state index is 1.11. The predicted molar refractivity (Wildman–Crippen MR) is 84.9 cm³/mol. The lowest BCUT2D eigenvalue weighted by Gasteiger charge is -2.08. The Labute approximate surface area is 120 Å². The third kappa shape index (κ3) is 2.88. The molecule has 0 unspecified atom stereocenters. The Balaban J connectivity index is 1.77. The number of hydrogen-bond acceptors (Lipinski definition) is 1. The van der Waals surface area contributed by atoms with Gasteiger partial charge in [0.05, 0.1) is 5.52 Å². The van der Waals surface area contributed by atoms with Gasteiger partial charge >= 0.3 is 0 Å². The summed E-state index contributed by atoms with van der Waals surface area (Å²) in [6.07, 6.45) is 3.42. The first-order valence-corrected chi connectivity index (χ1v) is 7.22. The molecule has 3 aromatic rings. The predicted octanol–water partition coefficient (Wildman–Crippen LogP) is 4.72. The number of aromatic nitrogens is 1. The summed E-state index contributed by atoms with van der Waals surface area (Å²) in [5.74, 6) is 0. The molecule has 0 spiro atoms. The molecule has 1 nitrogen and oxygen atoms in total. The fraction of sp³-hybridized carbons (Fsp3) is 0.211. The van der Waals surface area contributed by atoms with Crippen molar-refractivity contribution in [2.24, 2.45) is 0 Å². The van der Waals surface area contributed by atoms with E-state index in [1.54, 1.807) is 0 Å². The molecule has 1 aromatic heterocycles. The third-order valence-electron chi connectivity index (χ3n) is 3.68. The molecule has 0 N–H and O–H groups in total. The Morgan fingerprint density at radius 1 is 0.850 bits per heavy atom. The van der Waals surface area contributed by atoms with Gasteiger partial charge in [-0.15, -0.1) is 0 Å². The monoisotopic (exact) mass is 261 g/mol. The lowest BCUT2D eigenvalue weighted by Crippen LogP contribution is -1.94. The Kier molecular flexibility index (Phi) is 3.78.